The third kappa shape index (κ3) is 5.42. The molecular formula is C17H17F3N2OS. The third-order valence-corrected chi connectivity index (χ3v) is 3.36. The summed E-state index contributed by atoms with van der Waals surface area (Å²) in [5.74, 6) is 0.758. The molecule has 0 saturated carbocycles. The van der Waals surface area contributed by atoms with Gasteiger partial charge in [0.1, 0.15) is 5.75 Å². The van der Waals surface area contributed by atoms with Crippen LogP contribution in [-0.2, 0) is 12.7 Å². The molecule has 0 bridgehead atoms. The molecule has 7 heteroatoms. The Labute approximate surface area is 143 Å². The second-order valence-electron chi connectivity index (χ2n) is 4.97. The summed E-state index contributed by atoms with van der Waals surface area (Å²) < 4.78 is 43.5. The van der Waals surface area contributed by atoms with Gasteiger partial charge < -0.3 is 15.4 Å². The molecule has 128 valence electrons. The molecule has 3 nitrogen and oxygen atoms in total. The molecule has 0 aromatic heterocycles. The molecule has 0 unspecified atom stereocenters. The highest BCUT2D eigenvalue weighted by Crippen LogP contribution is 2.30. The molecule has 0 spiro atoms. The topological polar surface area (TPSA) is 33.3 Å². The normalized spacial score (nSPS) is 11.0. The van der Waals surface area contributed by atoms with Crippen molar-refractivity contribution in [3.63, 3.8) is 0 Å². The molecule has 0 saturated heterocycles. The van der Waals surface area contributed by atoms with Gasteiger partial charge in [-0.05, 0) is 55.0 Å². The highest BCUT2D eigenvalue weighted by Gasteiger charge is 2.30. The Morgan fingerprint density at radius 1 is 1.12 bits per heavy atom. The summed E-state index contributed by atoms with van der Waals surface area (Å²) in [6, 6.07) is 12.4. The monoisotopic (exact) mass is 354 g/mol. The quantitative estimate of drug-likeness (QED) is 0.770. The van der Waals surface area contributed by atoms with E-state index in [2.05, 4.69) is 10.6 Å². The molecule has 2 aromatic rings. The van der Waals surface area contributed by atoms with Gasteiger partial charge in [0.2, 0.25) is 0 Å². The van der Waals surface area contributed by atoms with Crippen molar-refractivity contribution < 1.29 is 17.9 Å². The van der Waals surface area contributed by atoms with Gasteiger partial charge in [0.15, 0.2) is 5.11 Å². The summed E-state index contributed by atoms with van der Waals surface area (Å²) in [5.41, 5.74) is 0.513. The Bertz CT molecular complexity index is 704. The molecule has 0 radical (unpaired) electrons. The number of nitrogens with one attached hydrogen (secondary N) is 2. The van der Waals surface area contributed by atoms with Crippen molar-refractivity contribution in [3.8, 4) is 5.75 Å². The van der Waals surface area contributed by atoms with Gasteiger partial charge in [0, 0.05) is 12.2 Å². The zero-order valence-corrected chi connectivity index (χ0v) is 13.8. The van der Waals surface area contributed by atoms with Crippen molar-refractivity contribution in [2.24, 2.45) is 0 Å². The van der Waals surface area contributed by atoms with Crippen LogP contribution in [0.15, 0.2) is 48.5 Å². The summed E-state index contributed by atoms with van der Waals surface area (Å²) in [7, 11) is 0. The molecule has 2 aromatic carbocycles. The average molecular weight is 354 g/mol. The van der Waals surface area contributed by atoms with Crippen LogP contribution in [0, 0.1) is 0 Å². The van der Waals surface area contributed by atoms with Crippen LogP contribution in [0.1, 0.15) is 18.1 Å². The highest BCUT2D eigenvalue weighted by molar-refractivity contribution is 7.80. The zero-order valence-electron chi connectivity index (χ0n) is 13.0. The van der Waals surface area contributed by atoms with Gasteiger partial charge in [-0.2, -0.15) is 13.2 Å². The maximum Gasteiger partial charge on any atom is 0.416 e. The summed E-state index contributed by atoms with van der Waals surface area (Å²) in [6.07, 6.45) is -4.38. The number of halogens is 3. The van der Waals surface area contributed by atoms with Crippen LogP contribution in [0.25, 0.3) is 0 Å². The second-order valence-corrected chi connectivity index (χ2v) is 5.37. The predicted molar refractivity (Wildman–Crippen MR) is 92.1 cm³/mol. The maximum atomic E-state index is 12.7. The molecule has 2 rings (SSSR count). The molecule has 0 aliphatic carbocycles. The van der Waals surface area contributed by atoms with E-state index in [1.165, 1.54) is 12.1 Å². The number of thiocarbonyl (C=S) groups is 1. The van der Waals surface area contributed by atoms with E-state index in [1.54, 1.807) is 0 Å². The SMILES string of the molecule is CCOc1cccc(CNC(=S)Nc2cccc(C(F)(F)F)c2)c1. The molecule has 0 aliphatic heterocycles. The Hall–Kier alpha value is -2.28. The zero-order chi connectivity index (χ0) is 17.6. The van der Waals surface area contributed by atoms with Gasteiger partial charge >= 0.3 is 6.18 Å². The van der Waals surface area contributed by atoms with Gasteiger partial charge in [-0.25, -0.2) is 0 Å². The average Bonchev–Trinajstić information content (AvgIpc) is 2.53. The van der Waals surface area contributed by atoms with Crippen LogP contribution in [0.4, 0.5) is 18.9 Å². The first-order valence-electron chi connectivity index (χ1n) is 7.32. The highest BCUT2D eigenvalue weighted by atomic mass is 32.1. The summed E-state index contributed by atoms with van der Waals surface area (Å²) in [5, 5.41) is 5.96. The largest absolute Gasteiger partial charge is 0.494 e. The van der Waals surface area contributed by atoms with E-state index in [0.29, 0.717) is 13.2 Å². The van der Waals surface area contributed by atoms with Gasteiger partial charge in [-0.15, -0.1) is 0 Å². The Morgan fingerprint density at radius 2 is 1.88 bits per heavy atom. The van der Waals surface area contributed by atoms with Crippen LogP contribution >= 0.6 is 12.2 Å². The minimum atomic E-state index is -4.38. The molecule has 0 atom stereocenters. The predicted octanol–water partition coefficient (Wildman–Crippen LogP) is 4.59. The minimum absolute atomic E-state index is 0.246. The minimum Gasteiger partial charge on any atom is -0.494 e. The molecule has 0 heterocycles. The van der Waals surface area contributed by atoms with E-state index in [0.717, 1.165) is 23.4 Å². The number of ether oxygens (including phenoxy) is 1. The lowest BCUT2D eigenvalue weighted by atomic mass is 10.2. The number of hydrogen-bond acceptors (Lipinski definition) is 2. The third-order valence-electron chi connectivity index (χ3n) is 3.11. The van der Waals surface area contributed by atoms with Gasteiger partial charge in [-0.1, -0.05) is 18.2 Å². The second kappa shape index (κ2) is 8.01. The number of hydrogen-bond donors (Lipinski definition) is 2. The van der Waals surface area contributed by atoms with Crippen molar-refractivity contribution in [1.82, 2.24) is 5.32 Å². The molecule has 0 amide bonds. The first kappa shape index (κ1) is 18.1. The van der Waals surface area contributed by atoms with Crippen molar-refractivity contribution in [2.45, 2.75) is 19.6 Å². The van der Waals surface area contributed by atoms with Crippen LogP contribution in [0.2, 0.25) is 0 Å². The molecular weight excluding hydrogens is 337 g/mol. The summed E-state index contributed by atoms with van der Waals surface area (Å²) in [4.78, 5) is 0. The molecule has 0 aliphatic rings. The Kier molecular flexibility index (Phi) is 6.03. The lowest BCUT2D eigenvalue weighted by molar-refractivity contribution is -0.137. The Morgan fingerprint density at radius 3 is 2.58 bits per heavy atom. The fraction of sp³-hybridized carbons (Fsp3) is 0.235. The number of rotatable bonds is 5. The van der Waals surface area contributed by atoms with Gasteiger partial charge in [0.05, 0.1) is 12.2 Å². The molecule has 24 heavy (non-hydrogen) atoms. The summed E-state index contributed by atoms with van der Waals surface area (Å²) >= 11 is 5.12. The standard InChI is InChI=1S/C17H17F3N2OS/c1-2-23-15-8-3-5-12(9-15)11-21-16(24)22-14-7-4-6-13(10-14)17(18,19)20/h3-10H,2,11H2,1H3,(H2,21,22,24). The first-order valence-corrected chi connectivity index (χ1v) is 7.73. The van der Waals surface area contributed by atoms with Crippen LogP contribution in [-0.4, -0.2) is 11.7 Å². The van der Waals surface area contributed by atoms with Crippen LogP contribution in [0.3, 0.4) is 0 Å². The summed E-state index contributed by atoms with van der Waals surface area (Å²) in [6.45, 7) is 2.91. The van der Waals surface area contributed by atoms with Gasteiger partial charge in [-0.3, -0.25) is 0 Å². The van der Waals surface area contributed by atoms with E-state index in [4.69, 9.17) is 17.0 Å². The van der Waals surface area contributed by atoms with Crippen molar-refractivity contribution >= 4 is 23.0 Å². The lowest BCUT2D eigenvalue weighted by Gasteiger charge is -2.13. The van der Waals surface area contributed by atoms with E-state index in [1.807, 2.05) is 31.2 Å². The number of alkyl halides is 3. The maximum absolute atomic E-state index is 12.7. The Balaban J connectivity index is 1.93. The molecule has 0 fully saturated rings. The smallest absolute Gasteiger partial charge is 0.416 e. The fourth-order valence-corrected chi connectivity index (χ4v) is 2.23. The fourth-order valence-electron chi connectivity index (χ4n) is 2.04. The van der Waals surface area contributed by atoms with Gasteiger partial charge in [0.25, 0.3) is 0 Å². The van der Waals surface area contributed by atoms with Crippen LogP contribution in [0.5, 0.6) is 5.75 Å². The van der Waals surface area contributed by atoms with E-state index < -0.39 is 11.7 Å². The lowest BCUT2D eigenvalue weighted by Crippen LogP contribution is -2.28. The molecule has 2 N–H and O–H groups in total. The van der Waals surface area contributed by atoms with E-state index in [9.17, 15) is 13.2 Å². The van der Waals surface area contributed by atoms with Crippen LogP contribution < -0.4 is 15.4 Å². The first-order chi connectivity index (χ1) is 11.4. The van der Waals surface area contributed by atoms with Crippen molar-refractivity contribution in [1.29, 1.82) is 0 Å². The number of benzene rings is 2. The van der Waals surface area contributed by atoms with Crippen molar-refractivity contribution in [2.75, 3.05) is 11.9 Å². The number of anilines is 1. The van der Waals surface area contributed by atoms with E-state index in [-0.39, 0.29) is 10.8 Å². The van der Waals surface area contributed by atoms with E-state index >= 15 is 0 Å². The van der Waals surface area contributed by atoms with Crippen molar-refractivity contribution in [3.05, 3.63) is 59.7 Å².